The summed E-state index contributed by atoms with van der Waals surface area (Å²) in [6.45, 7) is 1.84. The van der Waals surface area contributed by atoms with Crippen LogP contribution in [0.1, 0.15) is 18.6 Å². The second-order valence-electron chi connectivity index (χ2n) is 3.42. The number of aromatic hydroxyl groups is 1. The van der Waals surface area contributed by atoms with Crippen molar-refractivity contribution in [3.63, 3.8) is 0 Å². The molecule has 1 aromatic carbocycles. The van der Waals surface area contributed by atoms with Gasteiger partial charge < -0.3 is 14.6 Å². The summed E-state index contributed by atoms with van der Waals surface area (Å²) < 4.78 is 10.4. The lowest BCUT2D eigenvalue weighted by Crippen LogP contribution is -2.19. The molecule has 1 N–H and O–H groups in total. The van der Waals surface area contributed by atoms with E-state index in [0.717, 1.165) is 0 Å². The summed E-state index contributed by atoms with van der Waals surface area (Å²) in [5.41, 5.74) is 0.523. The maximum absolute atomic E-state index is 9.84. The van der Waals surface area contributed by atoms with E-state index in [1.165, 1.54) is 13.2 Å². The molecule has 0 saturated carbocycles. The number of methoxy groups -OCH3 is 2. The number of halogens is 2. The Labute approximate surface area is 105 Å². The summed E-state index contributed by atoms with van der Waals surface area (Å²) in [6, 6.07) is 3.10. The zero-order chi connectivity index (χ0) is 12.3. The minimum Gasteiger partial charge on any atom is -0.506 e. The Morgan fingerprint density at radius 2 is 1.81 bits per heavy atom. The summed E-state index contributed by atoms with van der Waals surface area (Å²) >= 11 is 11.7. The molecule has 0 bridgehead atoms. The van der Waals surface area contributed by atoms with Crippen molar-refractivity contribution in [2.24, 2.45) is 0 Å². The Kier molecular flexibility index (Phi) is 4.87. The van der Waals surface area contributed by atoms with Crippen LogP contribution < -0.4 is 0 Å². The van der Waals surface area contributed by atoms with Crippen LogP contribution in [0.25, 0.3) is 0 Å². The first-order valence-electron chi connectivity index (χ1n) is 4.74. The van der Waals surface area contributed by atoms with Crippen molar-refractivity contribution in [1.82, 2.24) is 0 Å². The van der Waals surface area contributed by atoms with E-state index in [1.807, 2.05) is 6.92 Å². The third-order valence-corrected chi connectivity index (χ3v) is 2.92. The monoisotopic (exact) mass is 264 g/mol. The minimum atomic E-state index is -0.416. The van der Waals surface area contributed by atoms with Crippen LogP contribution in [0.5, 0.6) is 5.75 Å². The van der Waals surface area contributed by atoms with Crippen LogP contribution in [0.3, 0.4) is 0 Å². The molecule has 0 radical (unpaired) electrons. The van der Waals surface area contributed by atoms with Gasteiger partial charge in [-0.3, -0.25) is 0 Å². The molecular weight excluding hydrogens is 251 g/mol. The van der Waals surface area contributed by atoms with Gasteiger partial charge in [0.15, 0.2) is 0 Å². The summed E-state index contributed by atoms with van der Waals surface area (Å²) in [6.07, 6.45) is -0.633. The van der Waals surface area contributed by atoms with Gasteiger partial charge in [-0.15, -0.1) is 0 Å². The van der Waals surface area contributed by atoms with Crippen LogP contribution >= 0.6 is 23.2 Å². The molecule has 90 valence electrons. The molecule has 1 aromatic rings. The van der Waals surface area contributed by atoms with Crippen LogP contribution in [-0.2, 0) is 9.47 Å². The Balaban J connectivity index is 3.19. The molecule has 0 unspecified atom stereocenters. The maximum Gasteiger partial charge on any atom is 0.140 e. The number of rotatable bonds is 4. The number of hydrogen-bond acceptors (Lipinski definition) is 3. The first kappa shape index (κ1) is 13.6. The predicted octanol–water partition coefficient (Wildman–Crippen LogP) is 3.42. The van der Waals surface area contributed by atoms with Gasteiger partial charge in [0, 0.05) is 24.8 Å². The van der Waals surface area contributed by atoms with Crippen LogP contribution in [0.2, 0.25) is 10.0 Å². The average Bonchev–Trinajstić information content (AvgIpc) is 2.25. The zero-order valence-corrected chi connectivity index (χ0v) is 10.8. The fourth-order valence-corrected chi connectivity index (χ4v) is 2.01. The molecule has 5 heteroatoms. The van der Waals surface area contributed by atoms with E-state index >= 15 is 0 Å². The standard InChI is InChI=1S/C11H14Cl2O3/c1-6(15-2)11(16-3)8-4-7(12)5-9(13)10(8)14/h4-6,11,14H,1-3H3/t6-,11-/m0/s1. The van der Waals surface area contributed by atoms with E-state index in [0.29, 0.717) is 10.6 Å². The first-order valence-corrected chi connectivity index (χ1v) is 5.50. The highest BCUT2D eigenvalue weighted by Gasteiger charge is 2.23. The zero-order valence-electron chi connectivity index (χ0n) is 9.33. The topological polar surface area (TPSA) is 38.7 Å². The van der Waals surface area contributed by atoms with E-state index in [4.69, 9.17) is 32.7 Å². The van der Waals surface area contributed by atoms with E-state index in [2.05, 4.69) is 0 Å². The Bertz CT molecular complexity index is 368. The average molecular weight is 265 g/mol. The second kappa shape index (κ2) is 5.73. The van der Waals surface area contributed by atoms with Gasteiger partial charge in [-0.1, -0.05) is 23.2 Å². The molecule has 0 heterocycles. The molecule has 16 heavy (non-hydrogen) atoms. The number of phenols is 1. The lowest BCUT2D eigenvalue weighted by molar-refractivity contribution is -0.0287. The van der Waals surface area contributed by atoms with Gasteiger partial charge in [0.25, 0.3) is 0 Å². The van der Waals surface area contributed by atoms with Crippen LogP contribution in [-0.4, -0.2) is 25.4 Å². The quantitative estimate of drug-likeness (QED) is 0.906. The highest BCUT2D eigenvalue weighted by molar-refractivity contribution is 6.35. The Morgan fingerprint density at radius 1 is 1.19 bits per heavy atom. The number of ether oxygens (including phenoxy) is 2. The van der Waals surface area contributed by atoms with Gasteiger partial charge in [-0.05, 0) is 19.1 Å². The molecule has 0 spiro atoms. The maximum atomic E-state index is 9.84. The molecule has 0 aliphatic rings. The number of phenolic OH excluding ortho intramolecular Hbond substituents is 1. The Morgan fingerprint density at radius 3 is 2.31 bits per heavy atom. The van der Waals surface area contributed by atoms with Gasteiger partial charge in [-0.2, -0.15) is 0 Å². The fourth-order valence-electron chi connectivity index (χ4n) is 1.50. The summed E-state index contributed by atoms with van der Waals surface area (Å²) in [4.78, 5) is 0. The smallest absolute Gasteiger partial charge is 0.140 e. The van der Waals surface area contributed by atoms with Crippen molar-refractivity contribution >= 4 is 23.2 Å². The van der Waals surface area contributed by atoms with Crippen LogP contribution in [0.4, 0.5) is 0 Å². The van der Waals surface area contributed by atoms with E-state index < -0.39 is 6.10 Å². The van der Waals surface area contributed by atoms with Crippen molar-refractivity contribution in [3.05, 3.63) is 27.7 Å². The third-order valence-electron chi connectivity index (χ3n) is 2.42. The Hall–Kier alpha value is -0.480. The molecule has 0 aromatic heterocycles. The number of hydrogen-bond donors (Lipinski definition) is 1. The normalized spacial score (nSPS) is 14.8. The number of benzene rings is 1. The van der Waals surface area contributed by atoms with Crippen molar-refractivity contribution in [2.75, 3.05) is 14.2 Å². The van der Waals surface area contributed by atoms with Crippen molar-refractivity contribution < 1.29 is 14.6 Å². The van der Waals surface area contributed by atoms with Crippen molar-refractivity contribution in [2.45, 2.75) is 19.1 Å². The van der Waals surface area contributed by atoms with Gasteiger partial charge >= 0.3 is 0 Å². The highest BCUT2D eigenvalue weighted by atomic mass is 35.5. The lowest BCUT2D eigenvalue weighted by atomic mass is 10.0. The van der Waals surface area contributed by atoms with Crippen molar-refractivity contribution in [3.8, 4) is 5.75 Å². The molecule has 0 saturated heterocycles. The van der Waals surface area contributed by atoms with E-state index in [9.17, 15) is 5.11 Å². The van der Waals surface area contributed by atoms with Crippen LogP contribution in [0.15, 0.2) is 12.1 Å². The summed E-state index contributed by atoms with van der Waals surface area (Å²) in [5.74, 6) is -0.0261. The van der Waals surface area contributed by atoms with Gasteiger partial charge in [0.1, 0.15) is 11.9 Å². The van der Waals surface area contributed by atoms with Crippen molar-refractivity contribution in [1.29, 1.82) is 0 Å². The molecule has 3 nitrogen and oxygen atoms in total. The van der Waals surface area contributed by atoms with Gasteiger partial charge in [0.05, 0.1) is 11.1 Å². The fraction of sp³-hybridized carbons (Fsp3) is 0.455. The predicted molar refractivity (Wildman–Crippen MR) is 64.3 cm³/mol. The lowest BCUT2D eigenvalue weighted by Gasteiger charge is -2.23. The molecule has 0 aliphatic heterocycles. The van der Waals surface area contributed by atoms with E-state index in [-0.39, 0.29) is 16.9 Å². The SMILES string of the molecule is CO[C@@H](C)[C@H](OC)c1cc(Cl)cc(Cl)c1O. The molecule has 1 rings (SSSR count). The molecule has 0 amide bonds. The first-order chi connectivity index (χ1) is 7.51. The molecular formula is C11H14Cl2O3. The minimum absolute atomic E-state index is 0.0261. The van der Waals surface area contributed by atoms with Crippen LogP contribution in [0, 0.1) is 0 Å². The second-order valence-corrected chi connectivity index (χ2v) is 4.27. The van der Waals surface area contributed by atoms with Gasteiger partial charge in [-0.25, -0.2) is 0 Å². The summed E-state index contributed by atoms with van der Waals surface area (Å²) in [7, 11) is 3.11. The van der Waals surface area contributed by atoms with E-state index in [1.54, 1.807) is 13.2 Å². The van der Waals surface area contributed by atoms with Gasteiger partial charge in [0.2, 0.25) is 0 Å². The summed E-state index contributed by atoms with van der Waals surface area (Å²) in [5, 5.41) is 10.5. The largest absolute Gasteiger partial charge is 0.506 e. The molecule has 0 aliphatic carbocycles. The third kappa shape index (κ3) is 2.80. The highest BCUT2D eigenvalue weighted by Crippen LogP contribution is 2.37. The molecule has 2 atom stereocenters. The molecule has 0 fully saturated rings.